The second-order valence-electron chi connectivity index (χ2n) is 3.41. The van der Waals surface area contributed by atoms with Crippen molar-refractivity contribution in [3.8, 4) is 0 Å². The Morgan fingerprint density at radius 3 is 3.06 bits per heavy atom. The largest absolute Gasteiger partial charge is 0.469 e. The molecule has 0 saturated heterocycles. The number of halogens is 1. The van der Waals surface area contributed by atoms with Gasteiger partial charge < -0.3 is 4.74 Å². The standard InChI is InChI=1S/C10H10ClN3O2/c1-6-3-8-12-7(4-9(15)16-2)5-14(8)13-10(6)11/h3,5H,4H2,1-2H3. The van der Waals surface area contributed by atoms with E-state index in [1.54, 1.807) is 10.7 Å². The van der Waals surface area contributed by atoms with Gasteiger partial charge in [0.2, 0.25) is 0 Å². The third-order valence-electron chi connectivity index (χ3n) is 2.18. The first-order chi connectivity index (χ1) is 7.60. The van der Waals surface area contributed by atoms with Crippen LogP contribution in [0.3, 0.4) is 0 Å². The van der Waals surface area contributed by atoms with Crippen molar-refractivity contribution in [1.82, 2.24) is 14.6 Å². The molecule has 0 unspecified atom stereocenters. The van der Waals surface area contributed by atoms with Crippen molar-refractivity contribution < 1.29 is 9.53 Å². The first-order valence-electron chi connectivity index (χ1n) is 4.68. The minimum absolute atomic E-state index is 0.135. The Bertz CT molecular complexity index is 511. The zero-order valence-corrected chi connectivity index (χ0v) is 9.65. The van der Waals surface area contributed by atoms with Crippen molar-refractivity contribution >= 4 is 23.2 Å². The SMILES string of the molecule is COC(=O)Cc1cn2nc(Cl)c(C)cc2n1. The second kappa shape index (κ2) is 4.09. The van der Waals surface area contributed by atoms with E-state index < -0.39 is 0 Å². The van der Waals surface area contributed by atoms with Crippen molar-refractivity contribution in [2.75, 3.05) is 7.11 Å². The van der Waals surface area contributed by atoms with E-state index in [-0.39, 0.29) is 12.4 Å². The predicted molar refractivity (Wildman–Crippen MR) is 58.5 cm³/mol. The molecule has 5 nitrogen and oxygen atoms in total. The lowest BCUT2D eigenvalue weighted by Crippen LogP contribution is -2.04. The van der Waals surface area contributed by atoms with Crippen LogP contribution < -0.4 is 0 Å². The topological polar surface area (TPSA) is 56.5 Å². The molecule has 0 aliphatic carbocycles. The van der Waals surface area contributed by atoms with Crippen LogP contribution in [0.2, 0.25) is 5.15 Å². The lowest BCUT2D eigenvalue weighted by Gasteiger charge is -1.96. The van der Waals surface area contributed by atoms with Crippen molar-refractivity contribution in [3.05, 3.63) is 28.7 Å². The number of esters is 1. The number of fused-ring (bicyclic) bond motifs is 1. The van der Waals surface area contributed by atoms with Crippen molar-refractivity contribution in [3.63, 3.8) is 0 Å². The monoisotopic (exact) mass is 239 g/mol. The summed E-state index contributed by atoms with van der Waals surface area (Å²) >= 11 is 5.88. The highest BCUT2D eigenvalue weighted by molar-refractivity contribution is 6.30. The maximum atomic E-state index is 11.1. The Labute approximate surface area is 97.0 Å². The fraction of sp³-hybridized carbons (Fsp3) is 0.300. The summed E-state index contributed by atoms with van der Waals surface area (Å²) in [6, 6.07) is 1.82. The summed E-state index contributed by atoms with van der Waals surface area (Å²) in [5, 5.41) is 4.52. The van der Waals surface area contributed by atoms with Crippen LogP contribution in [0.4, 0.5) is 0 Å². The number of aryl methyl sites for hydroxylation is 1. The second-order valence-corrected chi connectivity index (χ2v) is 3.76. The number of ether oxygens (including phenoxy) is 1. The highest BCUT2D eigenvalue weighted by atomic mass is 35.5. The van der Waals surface area contributed by atoms with Crippen molar-refractivity contribution in [2.45, 2.75) is 13.3 Å². The molecule has 0 aliphatic rings. The molecule has 0 fully saturated rings. The zero-order valence-electron chi connectivity index (χ0n) is 8.90. The molecule has 2 aromatic heterocycles. The van der Waals surface area contributed by atoms with Crippen LogP contribution in [0.15, 0.2) is 12.3 Å². The van der Waals surface area contributed by atoms with Gasteiger partial charge in [-0.05, 0) is 18.6 Å². The summed E-state index contributed by atoms with van der Waals surface area (Å²) in [5.74, 6) is -0.328. The van der Waals surface area contributed by atoms with Crippen LogP contribution in [0.5, 0.6) is 0 Å². The van der Waals surface area contributed by atoms with Crippen LogP contribution in [0.25, 0.3) is 5.65 Å². The number of imidazole rings is 1. The number of carbonyl (C=O) groups excluding carboxylic acids is 1. The van der Waals surface area contributed by atoms with E-state index in [0.717, 1.165) is 5.56 Å². The number of methoxy groups -OCH3 is 1. The number of nitrogens with zero attached hydrogens (tertiary/aromatic N) is 3. The summed E-state index contributed by atoms with van der Waals surface area (Å²) in [6.07, 6.45) is 1.80. The Hall–Kier alpha value is -1.62. The van der Waals surface area contributed by atoms with Gasteiger partial charge in [0.05, 0.1) is 25.4 Å². The molecule has 0 spiro atoms. The molecule has 0 aromatic carbocycles. The van der Waals surface area contributed by atoms with Crippen LogP contribution >= 0.6 is 11.6 Å². The highest BCUT2D eigenvalue weighted by Gasteiger charge is 2.09. The van der Waals surface area contributed by atoms with E-state index >= 15 is 0 Å². The Morgan fingerprint density at radius 1 is 1.62 bits per heavy atom. The third-order valence-corrected chi connectivity index (χ3v) is 2.56. The van der Waals surface area contributed by atoms with Gasteiger partial charge in [0.25, 0.3) is 0 Å². The summed E-state index contributed by atoms with van der Waals surface area (Å²) in [7, 11) is 1.34. The normalized spacial score (nSPS) is 10.7. The Balaban J connectivity index is 2.40. The van der Waals surface area contributed by atoms with Crippen LogP contribution in [0, 0.1) is 6.92 Å². The van der Waals surface area contributed by atoms with Gasteiger partial charge in [-0.3, -0.25) is 4.79 Å². The molecule has 6 heteroatoms. The molecule has 0 N–H and O–H groups in total. The Morgan fingerprint density at radius 2 is 2.38 bits per heavy atom. The van der Waals surface area contributed by atoms with Gasteiger partial charge in [0.1, 0.15) is 0 Å². The molecule has 0 bridgehead atoms. The van der Waals surface area contributed by atoms with Gasteiger partial charge in [-0.2, -0.15) is 5.10 Å². The van der Waals surface area contributed by atoms with E-state index in [1.165, 1.54) is 7.11 Å². The number of rotatable bonds is 2. The number of carbonyl (C=O) groups is 1. The molecule has 0 aliphatic heterocycles. The van der Waals surface area contributed by atoms with Gasteiger partial charge in [-0.25, -0.2) is 9.50 Å². The van der Waals surface area contributed by atoms with E-state index in [4.69, 9.17) is 11.6 Å². The minimum Gasteiger partial charge on any atom is -0.469 e. The summed E-state index contributed by atoms with van der Waals surface area (Å²) < 4.78 is 6.11. The molecule has 2 rings (SSSR count). The fourth-order valence-corrected chi connectivity index (χ4v) is 1.48. The van der Waals surface area contributed by atoms with Crippen LogP contribution in [0.1, 0.15) is 11.3 Å². The molecular weight excluding hydrogens is 230 g/mol. The summed E-state index contributed by atoms with van der Waals surface area (Å²) in [6.45, 7) is 1.85. The van der Waals surface area contributed by atoms with Crippen molar-refractivity contribution in [1.29, 1.82) is 0 Å². The summed E-state index contributed by atoms with van der Waals surface area (Å²) in [5.41, 5.74) is 2.13. The van der Waals surface area contributed by atoms with E-state index in [0.29, 0.717) is 16.5 Å². The first kappa shape index (κ1) is 10.9. The van der Waals surface area contributed by atoms with Gasteiger partial charge in [0.15, 0.2) is 10.8 Å². The van der Waals surface area contributed by atoms with Gasteiger partial charge in [-0.1, -0.05) is 11.6 Å². The van der Waals surface area contributed by atoms with E-state index in [9.17, 15) is 4.79 Å². The lowest BCUT2D eigenvalue weighted by atomic mass is 10.3. The molecule has 0 saturated carbocycles. The number of hydrogen-bond donors (Lipinski definition) is 0. The lowest BCUT2D eigenvalue weighted by molar-refractivity contribution is -0.139. The summed E-state index contributed by atoms with van der Waals surface area (Å²) in [4.78, 5) is 15.3. The predicted octanol–water partition coefficient (Wildman–Crippen LogP) is 1.41. The average Bonchev–Trinajstić information content (AvgIpc) is 2.60. The molecule has 0 amide bonds. The zero-order chi connectivity index (χ0) is 11.7. The average molecular weight is 240 g/mol. The van der Waals surface area contributed by atoms with Gasteiger partial charge >= 0.3 is 5.97 Å². The van der Waals surface area contributed by atoms with Crippen LogP contribution in [-0.4, -0.2) is 27.7 Å². The Kier molecular flexibility index (Phi) is 2.78. The molecule has 2 heterocycles. The van der Waals surface area contributed by atoms with E-state index in [2.05, 4.69) is 14.8 Å². The smallest absolute Gasteiger partial charge is 0.311 e. The molecular formula is C10H10ClN3O2. The van der Waals surface area contributed by atoms with Gasteiger partial charge in [-0.15, -0.1) is 0 Å². The quantitative estimate of drug-likeness (QED) is 0.744. The highest BCUT2D eigenvalue weighted by Crippen LogP contribution is 2.14. The van der Waals surface area contributed by atoms with Crippen molar-refractivity contribution in [2.24, 2.45) is 0 Å². The molecule has 0 atom stereocenters. The molecule has 84 valence electrons. The van der Waals surface area contributed by atoms with Crippen LogP contribution in [-0.2, 0) is 16.0 Å². The van der Waals surface area contributed by atoms with Gasteiger partial charge in [0, 0.05) is 0 Å². The maximum absolute atomic E-state index is 11.1. The fourth-order valence-electron chi connectivity index (χ4n) is 1.34. The molecule has 2 aromatic rings. The maximum Gasteiger partial charge on any atom is 0.311 e. The van der Waals surface area contributed by atoms with E-state index in [1.807, 2.05) is 13.0 Å². The minimum atomic E-state index is -0.328. The molecule has 0 radical (unpaired) electrons. The molecule has 16 heavy (non-hydrogen) atoms. The number of aromatic nitrogens is 3. The first-order valence-corrected chi connectivity index (χ1v) is 5.06. The number of hydrogen-bond acceptors (Lipinski definition) is 4. The third kappa shape index (κ3) is 1.99.